The summed E-state index contributed by atoms with van der Waals surface area (Å²) < 4.78 is 38.6. The van der Waals surface area contributed by atoms with E-state index in [-0.39, 0.29) is 0 Å². The van der Waals surface area contributed by atoms with Crippen molar-refractivity contribution < 1.29 is 22.8 Å². The third-order valence-corrected chi connectivity index (χ3v) is 3.64. The molecule has 7 nitrogen and oxygen atoms in total. The van der Waals surface area contributed by atoms with Crippen molar-refractivity contribution in [3.05, 3.63) is 34.1 Å². The Balaban J connectivity index is 3.18. The number of nitro groups is 1. The molecule has 0 fully saturated rings. The van der Waals surface area contributed by atoms with E-state index in [0.717, 1.165) is 6.07 Å². The highest BCUT2D eigenvalue weighted by molar-refractivity contribution is 7.89. The zero-order chi connectivity index (χ0) is 13.9. The van der Waals surface area contributed by atoms with Gasteiger partial charge in [0.15, 0.2) is 0 Å². The van der Waals surface area contributed by atoms with E-state index in [0.29, 0.717) is 12.1 Å². The minimum atomic E-state index is -4.03. The van der Waals surface area contributed by atoms with Crippen molar-refractivity contribution in [3.8, 4) is 0 Å². The molecule has 0 bridgehead atoms. The molecule has 1 aromatic carbocycles. The van der Waals surface area contributed by atoms with Gasteiger partial charge in [0.1, 0.15) is 0 Å². The summed E-state index contributed by atoms with van der Waals surface area (Å²) in [5, 5.41) is 19.2. The first-order valence-electron chi connectivity index (χ1n) is 4.85. The number of benzene rings is 1. The van der Waals surface area contributed by atoms with Gasteiger partial charge in [-0.2, -0.15) is 4.39 Å². The molecule has 0 spiro atoms. The Morgan fingerprint density at radius 3 is 2.67 bits per heavy atom. The summed E-state index contributed by atoms with van der Waals surface area (Å²) in [5.74, 6) is -1.12. The van der Waals surface area contributed by atoms with E-state index in [2.05, 4.69) is 4.72 Å². The first-order chi connectivity index (χ1) is 8.27. The van der Waals surface area contributed by atoms with Gasteiger partial charge in [-0.3, -0.25) is 10.1 Å². The molecule has 0 aliphatic carbocycles. The average Bonchev–Trinajstić information content (AvgIpc) is 2.28. The van der Waals surface area contributed by atoms with Crippen LogP contribution in [0.1, 0.15) is 6.92 Å². The first-order valence-corrected chi connectivity index (χ1v) is 6.33. The van der Waals surface area contributed by atoms with Gasteiger partial charge in [0.05, 0.1) is 16.4 Å². The number of nitro benzene ring substituents is 1. The number of halogens is 1. The summed E-state index contributed by atoms with van der Waals surface area (Å²) in [4.78, 5) is 9.05. The van der Waals surface area contributed by atoms with Crippen molar-refractivity contribution in [2.75, 3.05) is 6.61 Å². The summed E-state index contributed by atoms with van der Waals surface area (Å²) in [5.41, 5.74) is -0.922. The molecule has 1 rings (SSSR count). The Kier molecular flexibility index (Phi) is 4.33. The molecule has 0 saturated carbocycles. The van der Waals surface area contributed by atoms with Crippen LogP contribution >= 0.6 is 0 Å². The molecule has 9 heteroatoms. The zero-order valence-electron chi connectivity index (χ0n) is 9.33. The number of sulfonamides is 1. The van der Waals surface area contributed by atoms with E-state index in [9.17, 15) is 22.9 Å². The quantitative estimate of drug-likeness (QED) is 0.598. The highest BCUT2D eigenvalue weighted by atomic mass is 32.2. The Labute approximate surface area is 102 Å². The fourth-order valence-corrected chi connectivity index (χ4v) is 2.42. The summed E-state index contributed by atoms with van der Waals surface area (Å²) in [6, 6.07) is 1.49. The van der Waals surface area contributed by atoms with Gasteiger partial charge in [-0.05, 0) is 19.1 Å². The molecule has 0 radical (unpaired) electrons. The Hall–Kier alpha value is -1.58. The van der Waals surface area contributed by atoms with Crippen LogP contribution < -0.4 is 4.72 Å². The minimum absolute atomic E-state index is 0.428. The van der Waals surface area contributed by atoms with Crippen molar-refractivity contribution in [3.63, 3.8) is 0 Å². The minimum Gasteiger partial charge on any atom is -0.395 e. The molecule has 1 atom stereocenters. The number of hydrogen-bond acceptors (Lipinski definition) is 5. The van der Waals surface area contributed by atoms with Crippen LogP contribution in [0, 0.1) is 15.9 Å². The number of rotatable bonds is 5. The van der Waals surface area contributed by atoms with Gasteiger partial charge in [0, 0.05) is 12.1 Å². The lowest BCUT2D eigenvalue weighted by Gasteiger charge is -2.11. The van der Waals surface area contributed by atoms with Crippen molar-refractivity contribution in [2.45, 2.75) is 17.9 Å². The monoisotopic (exact) mass is 278 g/mol. The molecule has 0 saturated heterocycles. The van der Waals surface area contributed by atoms with Crippen LogP contribution in [0.3, 0.4) is 0 Å². The Bertz CT molecular complexity index is 560. The molecule has 100 valence electrons. The molecule has 0 heterocycles. The third-order valence-electron chi connectivity index (χ3n) is 2.05. The maximum atomic E-state index is 13.0. The number of aliphatic hydroxyl groups is 1. The molecule has 0 aliphatic heterocycles. The highest BCUT2D eigenvalue weighted by Gasteiger charge is 2.22. The lowest BCUT2D eigenvalue weighted by Crippen LogP contribution is -2.35. The standard InChI is InChI=1S/C9H11FN2O5S/c1-6(5-13)11-18(16,17)7-2-3-8(10)9(4-7)12(14)15/h2-4,6,11,13H,5H2,1H3/t6-/m0/s1. The molecular formula is C9H11FN2O5S. The van der Waals surface area contributed by atoms with Gasteiger partial charge >= 0.3 is 5.69 Å². The summed E-state index contributed by atoms with van der Waals surface area (Å²) in [6.45, 7) is 0.984. The van der Waals surface area contributed by atoms with Gasteiger partial charge in [-0.15, -0.1) is 0 Å². The van der Waals surface area contributed by atoms with Crippen LogP contribution in [-0.4, -0.2) is 31.1 Å². The molecule has 0 aromatic heterocycles. The molecular weight excluding hydrogens is 267 g/mol. The van der Waals surface area contributed by atoms with Crippen molar-refractivity contribution >= 4 is 15.7 Å². The molecule has 0 unspecified atom stereocenters. The number of nitrogens with zero attached hydrogens (tertiary/aromatic N) is 1. The second-order valence-electron chi connectivity index (χ2n) is 3.58. The normalized spacial score (nSPS) is 13.3. The predicted octanol–water partition coefficient (Wildman–Crippen LogP) is 0.393. The topological polar surface area (TPSA) is 110 Å². The summed E-state index contributed by atoms with van der Waals surface area (Å²) >= 11 is 0. The van der Waals surface area contributed by atoms with Crippen LogP contribution in [0.25, 0.3) is 0 Å². The Morgan fingerprint density at radius 2 is 2.17 bits per heavy atom. The molecule has 0 amide bonds. The Morgan fingerprint density at radius 1 is 1.56 bits per heavy atom. The number of nitrogens with one attached hydrogen (secondary N) is 1. The highest BCUT2D eigenvalue weighted by Crippen LogP contribution is 2.21. The second-order valence-corrected chi connectivity index (χ2v) is 5.29. The lowest BCUT2D eigenvalue weighted by atomic mass is 10.3. The lowest BCUT2D eigenvalue weighted by molar-refractivity contribution is -0.387. The van der Waals surface area contributed by atoms with E-state index in [4.69, 9.17) is 5.11 Å². The zero-order valence-corrected chi connectivity index (χ0v) is 10.1. The van der Waals surface area contributed by atoms with E-state index < -0.39 is 44.0 Å². The largest absolute Gasteiger partial charge is 0.395 e. The third kappa shape index (κ3) is 3.22. The van der Waals surface area contributed by atoms with E-state index in [1.807, 2.05) is 0 Å². The van der Waals surface area contributed by atoms with Crippen LogP contribution in [0.15, 0.2) is 23.1 Å². The van der Waals surface area contributed by atoms with E-state index in [1.165, 1.54) is 6.92 Å². The van der Waals surface area contributed by atoms with Crippen molar-refractivity contribution in [2.24, 2.45) is 0 Å². The van der Waals surface area contributed by atoms with E-state index in [1.54, 1.807) is 0 Å². The average molecular weight is 278 g/mol. The van der Waals surface area contributed by atoms with Gasteiger partial charge in [0.25, 0.3) is 0 Å². The maximum absolute atomic E-state index is 13.0. The fourth-order valence-electron chi connectivity index (χ4n) is 1.17. The van der Waals surface area contributed by atoms with E-state index >= 15 is 0 Å². The second kappa shape index (κ2) is 5.38. The maximum Gasteiger partial charge on any atom is 0.306 e. The van der Waals surface area contributed by atoms with Crippen molar-refractivity contribution in [1.29, 1.82) is 0 Å². The van der Waals surface area contributed by atoms with Crippen LogP contribution in [0.5, 0.6) is 0 Å². The van der Waals surface area contributed by atoms with Crippen LogP contribution in [0.2, 0.25) is 0 Å². The fraction of sp³-hybridized carbons (Fsp3) is 0.333. The molecule has 1 aromatic rings. The van der Waals surface area contributed by atoms with Crippen LogP contribution in [0.4, 0.5) is 10.1 Å². The predicted molar refractivity (Wildman–Crippen MR) is 59.9 cm³/mol. The number of hydrogen-bond donors (Lipinski definition) is 2. The molecule has 2 N–H and O–H groups in total. The molecule has 18 heavy (non-hydrogen) atoms. The SMILES string of the molecule is C[C@@H](CO)NS(=O)(=O)c1ccc(F)c([N+](=O)[O-])c1. The van der Waals surface area contributed by atoms with Crippen LogP contribution in [-0.2, 0) is 10.0 Å². The van der Waals surface area contributed by atoms with Gasteiger partial charge in [-0.1, -0.05) is 0 Å². The van der Waals surface area contributed by atoms with Gasteiger partial charge in [-0.25, -0.2) is 13.1 Å². The summed E-state index contributed by atoms with van der Waals surface area (Å²) in [6.07, 6.45) is 0. The van der Waals surface area contributed by atoms with Gasteiger partial charge in [0.2, 0.25) is 15.8 Å². The van der Waals surface area contributed by atoms with Gasteiger partial charge < -0.3 is 5.11 Å². The first kappa shape index (κ1) is 14.5. The van der Waals surface area contributed by atoms with Crippen molar-refractivity contribution in [1.82, 2.24) is 4.72 Å². The smallest absolute Gasteiger partial charge is 0.306 e. The summed E-state index contributed by atoms with van der Waals surface area (Å²) in [7, 11) is -4.03. The molecule has 0 aliphatic rings. The number of aliphatic hydroxyl groups excluding tert-OH is 1.